The van der Waals surface area contributed by atoms with Crippen molar-refractivity contribution in [3.05, 3.63) is 57.6 Å². The van der Waals surface area contributed by atoms with Crippen molar-refractivity contribution in [1.82, 2.24) is 0 Å². The van der Waals surface area contributed by atoms with Crippen molar-refractivity contribution < 1.29 is 14.3 Å². The molecule has 1 aromatic heterocycles. The number of benzene rings is 1. The van der Waals surface area contributed by atoms with Crippen LogP contribution in [0.4, 0.5) is 0 Å². The number of rotatable bonds is 5. The molecule has 24 heavy (non-hydrogen) atoms. The first-order chi connectivity index (χ1) is 11.6. The van der Waals surface area contributed by atoms with Crippen LogP contribution in [0, 0.1) is 0 Å². The van der Waals surface area contributed by atoms with Crippen LogP contribution >= 0.6 is 11.3 Å². The van der Waals surface area contributed by atoms with Crippen LogP contribution in [-0.2, 0) is 9.53 Å². The molecule has 0 N–H and O–H groups in total. The van der Waals surface area contributed by atoms with Gasteiger partial charge < -0.3 is 4.74 Å². The molecule has 0 saturated heterocycles. The number of carbonyl (C=O) groups is 2. The second-order valence-electron chi connectivity index (χ2n) is 5.37. The van der Waals surface area contributed by atoms with Gasteiger partial charge in [-0.15, -0.1) is 11.3 Å². The SMILES string of the molecule is CCOC(=O)CCC(=O)c1cc2c(=O)c3ccccc3ccc2s1. The van der Waals surface area contributed by atoms with E-state index in [1.165, 1.54) is 11.3 Å². The van der Waals surface area contributed by atoms with Gasteiger partial charge in [0.1, 0.15) is 0 Å². The number of thiophene rings is 1. The molecule has 4 nitrogen and oxygen atoms in total. The number of esters is 1. The number of hydrogen-bond donors (Lipinski definition) is 0. The number of ether oxygens (including phenoxy) is 1. The Labute approximate surface area is 142 Å². The molecule has 1 heterocycles. The zero-order valence-electron chi connectivity index (χ0n) is 13.2. The number of ketones is 1. The van der Waals surface area contributed by atoms with Gasteiger partial charge in [0.15, 0.2) is 11.2 Å². The minimum Gasteiger partial charge on any atom is -0.466 e. The minimum absolute atomic E-state index is 0.0574. The highest BCUT2D eigenvalue weighted by molar-refractivity contribution is 7.20. The minimum atomic E-state index is -0.381. The van der Waals surface area contributed by atoms with Crippen LogP contribution < -0.4 is 5.43 Å². The van der Waals surface area contributed by atoms with Gasteiger partial charge in [-0.05, 0) is 24.4 Å². The maximum atomic E-state index is 12.7. The molecule has 0 aliphatic rings. The van der Waals surface area contributed by atoms with E-state index in [9.17, 15) is 14.4 Å². The van der Waals surface area contributed by atoms with Gasteiger partial charge in [0.05, 0.1) is 17.9 Å². The molecule has 3 aromatic rings. The molecule has 122 valence electrons. The number of Topliss-reactive ketones (excluding diaryl/α,β-unsaturated/α-hetero) is 1. The van der Waals surface area contributed by atoms with Crippen molar-refractivity contribution in [1.29, 1.82) is 0 Å². The number of carbonyl (C=O) groups excluding carboxylic acids is 2. The van der Waals surface area contributed by atoms with E-state index < -0.39 is 0 Å². The van der Waals surface area contributed by atoms with E-state index in [2.05, 4.69) is 0 Å². The fourth-order valence-electron chi connectivity index (χ4n) is 2.58. The zero-order chi connectivity index (χ0) is 17.1. The molecule has 0 aliphatic heterocycles. The van der Waals surface area contributed by atoms with Gasteiger partial charge in [-0.1, -0.05) is 30.3 Å². The van der Waals surface area contributed by atoms with Gasteiger partial charge in [-0.25, -0.2) is 0 Å². The van der Waals surface area contributed by atoms with Gasteiger partial charge in [-0.3, -0.25) is 14.4 Å². The molecule has 0 fully saturated rings. The van der Waals surface area contributed by atoms with Crippen LogP contribution in [-0.4, -0.2) is 18.4 Å². The fourth-order valence-corrected chi connectivity index (χ4v) is 3.60. The smallest absolute Gasteiger partial charge is 0.306 e. The highest BCUT2D eigenvalue weighted by Crippen LogP contribution is 2.26. The molecular formula is C19H16O4S. The maximum Gasteiger partial charge on any atom is 0.306 e. The van der Waals surface area contributed by atoms with E-state index >= 15 is 0 Å². The Morgan fingerprint density at radius 1 is 1.04 bits per heavy atom. The summed E-state index contributed by atoms with van der Waals surface area (Å²) in [5.41, 5.74) is -0.0775. The molecule has 0 bridgehead atoms. The van der Waals surface area contributed by atoms with E-state index in [1.54, 1.807) is 19.1 Å². The molecule has 0 unspecified atom stereocenters. The third-order valence-electron chi connectivity index (χ3n) is 3.76. The van der Waals surface area contributed by atoms with Gasteiger partial charge in [-0.2, -0.15) is 0 Å². The van der Waals surface area contributed by atoms with Crippen molar-refractivity contribution in [3.8, 4) is 0 Å². The van der Waals surface area contributed by atoms with E-state index in [0.29, 0.717) is 22.3 Å². The maximum absolute atomic E-state index is 12.7. The first-order valence-corrected chi connectivity index (χ1v) is 8.56. The van der Waals surface area contributed by atoms with Crippen molar-refractivity contribution in [2.24, 2.45) is 0 Å². The first-order valence-electron chi connectivity index (χ1n) is 7.74. The second-order valence-corrected chi connectivity index (χ2v) is 6.45. The Kier molecular flexibility index (Phi) is 4.71. The van der Waals surface area contributed by atoms with Gasteiger partial charge in [0.2, 0.25) is 0 Å². The van der Waals surface area contributed by atoms with Gasteiger partial charge >= 0.3 is 5.97 Å². The predicted octanol–water partition coefficient (Wildman–Crippen LogP) is 3.94. The summed E-state index contributed by atoms with van der Waals surface area (Å²) >= 11 is 1.29. The summed E-state index contributed by atoms with van der Waals surface area (Å²) in [6.07, 6.45) is 0.147. The lowest BCUT2D eigenvalue weighted by Gasteiger charge is -1.99. The third kappa shape index (κ3) is 3.21. The Bertz CT molecular complexity index is 987. The van der Waals surface area contributed by atoms with E-state index in [1.807, 2.05) is 30.3 Å². The monoisotopic (exact) mass is 340 g/mol. The summed E-state index contributed by atoms with van der Waals surface area (Å²) in [4.78, 5) is 36.8. The molecule has 0 amide bonds. The Balaban J connectivity index is 1.96. The van der Waals surface area contributed by atoms with Crippen LogP contribution in [0.25, 0.3) is 20.9 Å². The second kappa shape index (κ2) is 6.93. The van der Waals surface area contributed by atoms with Crippen molar-refractivity contribution in [3.63, 3.8) is 0 Å². The lowest BCUT2D eigenvalue weighted by Crippen LogP contribution is -2.07. The quantitative estimate of drug-likeness (QED) is 0.521. The normalized spacial score (nSPS) is 10.9. The molecule has 5 heteroatoms. The van der Waals surface area contributed by atoms with Gasteiger partial charge in [0.25, 0.3) is 0 Å². The summed E-state index contributed by atoms with van der Waals surface area (Å²) in [6.45, 7) is 2.03. The van der Waals surface area contributed by atoms with E-state index in [-0.39, 0.29) is 30.0 Å². The summed E-state index contributed by atoms with van der Waals surface area (Å²) in [6, 6.07) is 12.8. The molecule has 0 spiro atoms. The van der Waals surface area contributed by atoms with Crippen molar-refractivity contribution >= 4 is 43.9 Å². The average molecular weight is 340 g/mol. The molecule has 0 aliphatic carbocycles. The Morgan fingerprint density at radius 3 is 2.62 bits per heavy atom. The van der Waals surface area contributed by atoms with E-state index in [4.69, 9.17) is 4.74 Å². The fraction of sp³-hybridized carbons (Fsp3) is 0.211. The standard InChI is InChI=1S/C19H16O4S/c1-2-23-18(21)10-8-15(20)17-11-14-16(24-17)9-7-12-5-3-4-6-13(12)19(14)22/h3-7,9,11H,2,8,10H2,1H3. The number of fused-ring (bicyclic) bond motifs is 2. The van der Waals surface area contributed by atoms with Crippen molar-refractivity contribution in [2.75, 3.05) is 6.61 Å². The molecule has 0 radical (unpaired) electrons. The molecule has 2 aromatic carbocycles. The average Bonchev–Trinajstić information content (AvgIpc) is 2.97. The van der Waals surface area contributed by atoms with Crippen LogP contribution in [0.15, 0.2) is 47.3 Å². The van der Waals surface area contributed by atoms with E-state index in [0.717, 1.165) is 10.1 Å². The summed E-state index contributed by atoms with van der Waals surface area (Å²) < 4.78 is 5.60. The largest absolute Gasteiger partial charge is 0.466 e. The topological polar surface area (TPSA) is 60.4 Å². The Hall–Kier alpha value is -2.53. The van der Waals surface area contributed by atoms with Gasteiger partial charge in [0, 0.05) is 21.9 Å². The zero-order valence-corrected chi connectivity index (χ0v) is 14.0. The van der Waals surface area contributed by atoms with Crippen LogP contribution in [0.2, 0.25) is 0 Å². The summed E-state index contributed by atoms with van der Waals surface area (Å²) in [5, 5.41) is 2.05. The third-order valence-corrected chi connectivity index (χ3v) is 4.90. The van der Waals surface area contributed by atoms with Crippen LogP contribution in [0.3, 0.4) is 0 Å². The molecule has 3 rings (SSSR count). The van der Waals surface area contributed by atoms with Crippen LogP contribution in [0.1, 0.15) is 29.4 Å². The predicted molar refractivity (Wildman–Crippen MR) is 95.8 cm³/mol. The highest BCUT2D eigenvalue weighted by atomic mass is 32.1. The molecular weight excluding hydrogens is 324 g/mol. The summed E-state index contributed by atoms with van der Waals surface area (Å²) in [5.74, 6) is -0.524. The van der Waals surface area contributed by atoms with Crippen LogP contribution in [0.5, 0.6) is 0 Å². The summed E-state index contributed by atoms with van der Waals surface area (Å²) in [7, 11) is 0. The lowest BCUT2D eigenvalue weighted by molar-refractivity contribution is -0.143. The number of hydrogen-bond acceptors (Lipinski definition) is 5. The highest BCUT2D eigenvalue weighted by Gasteiger charge is 2.14. The first kappa shape index (κ1) is 16.3. The lowest BCUT2D eigenvalue weighted by atomic mass is 10.1. The molecule has 0 saturated carbocycles. The Morgan fingerprint density at radius 2 is 1.83 bits per heavy atom. The molecule has 0 atom stereocenters. The van der Waals surface area contributed by atoms with Crippen molar-refractivity contribution in [2.45, 2.75) is 19.8 Å².